The van der Waals surface area contributed by atoms with Crippen LogP contribution in [0.2, 0.25) is 0 Å². The zero-order valence-electron chi connectivity index (χ0n) is 12.9. The fourth-order valence-electron chi connectivity index (χ4n) is 3.37. The molecule has 0 radical (unpaired) electrons. The van der Waals surface area contributed by atoms with E-state index < -0.39 is 15.9 Å². The number of aromatic amines is 1. The lowest BCUT2D eigenvalue weighted by Crippen LogP contribution is -2.64. The Balaban J connectivity index is 2.19. The molecule has 1 amide bonds. The normalized spacial score (nSPS) is 23.8. The lowest BCUT2D eigenvalue weighted by molar-refractivity contribution is -0.120. The van der Waals surface area contributed by atoms with Crippen LogP contribution < -0.4 is 10.5 Å². The molecule has 9 heteroatoms. The van der Waals surface area contributed by atoms with Crippen LogP contribution in [-0.4, -0.2) is 43.8 Å². The second-order valence-corrected chi connectivity index (χ2v) is 7.08. The van der Waals surface area contributed by atoms with Crippen LogP contribution in [-0.2, 0) is 14.8 Å². The largest absolute Gasteiger partial charge is 0.381 e. The van der Waals surface area contributed by atoms with Crippen molar-refractivity contribution in [2.75, 3.05) is 7.11 Å². The van der Waals surface area contributed by atoms with Crippen molar-refractivity contribution in [2.24, 2.45) is 10.6 Å². The number of hydrogen-bond donors (Lipinski definition) is 3. The molecule has 0 aliphatic heterocycles. The fraction of sp³-hybridized carbons (Fsp3) is 0.692. The van der Waals surface area contributed by atoms with Crippen LogP contribution in [0.15, 0.2) is 11.2 Å². The average molecular weight is 330 g/mol. The van der Waals surface area contributed by atoms with Gasteiger partial charge in [0.05, 0.1) is 17.9 Å². The van der Waals surface area contributed by atoms with Gasteiger partial charge in [-0.25, -0.2) is 13.6 Å². The Morgan fingerprint density at radius 1 is 1.55 bits per heavy atom. The summed E-state index contributed by atoms with van der Waals surface area (Å²) in [5.41, 5.74) is -0.194. The highest BCUT2D eigenvalue weighted by atomic mass is 32.2. The van der Waals surface area contributed by atoms with E-state index in [1.54, 1.807) is 7.11 Å². The lowest BCUT2D eigenvalue weighted by atomic mass is 9.58. The number of amides is 1. The van der Waals surface area contributed by atoms with Gasteiger partial charge in [-0.1, -0.05) is 13.8 Å². The molecular weight excluding hydrogens is 308 g/mol. The first-order chi connectivity index (χ1) is 10.3. The predicted octanol–water partition coefficient (Wildman–Crippen LogP) is 0.381. The van der Waals surface area contributed by atoms with Crippen molar-refractivity contribution < 1.29 is 17.9 Å². The number of primary sulfonamides is 1. The molecule has 1 aliphatic rings. The highest BCUT2D eigenvalue weighted by Gasteiger charge is 2.53. The van der Waals surface area contributed by atoms with Gasteiger partial charge in [-0.2, -0.15) is 5.10 Å². The van der Waals surface area contributed by atoms with E-state index in [1.807, 2.05) is 0 Å². The van der Waals surface area contributed by atoms with Crippen LogP contribution in [0.5, 0.6) is 0 Å². The fourth-order valence-corrected chi connectivity index (χ4v) is 4.00. The van der Waals surface area contributed by atoms with Gasteiger partial charge in [0.2, 0.25) is 0 Å². The summed E-state index contributed by atoms with van der Waals surface area (Å²) < 4.78 is 28.3. The first-order valence-electron chi connectivity index (χ1n) is 7.20. The quantitative estimate of drug-likeness (QED) is 0.695. The summed E-state index contributed by atoms with van der Waals surface area (Å²) >= 11 is 0. The van der Waals surface area contributed by atoms with Gasteiger partial charge in [0.15, 0.2) is 5.03 Å². The minimum absolute atomic E-state index is 0.0653. The summed E-state index contributed by atoms with van der Waals surface area (Å²) in [5.74, 6) is -0.497. The van der Waals surface area contributed by atoms with Crippen molar-refractivity contribution in [1.29, 1.82) is 0 Å². The summed E-state index contributed by atoms with van der Waals surface area (Å²) in [6, 6.07) is -0.0665. The summed E-state index contributed by atoms with van der Waals surface area (Å²) in [4.78, 5) is 12.4. The van der Waals surface area contributed by atoms with Gasteiger partial charge in [0.1, 0.15) is 0 Å². The van der Waals surface area contributed by atoms with Crippen molar-refractivity contribution in [3.05, 3.63) is 11.8 Å². The van der Waals surface area contributed by atoms with Gasteiger partial charge < -0.3 is 10.1 Å². The molecule has 22 heavy (non-hydrogen) atoms. The van der Waals surface area contributed by atoms with Crippen LogP contribution in [0.4, 0.5) is 0 Å². The number of ether oxygens (including phenoxy) is 1. The van der Waals surface area contributed by atoms with Crippen molar-refractivity contribution in [3.63, 3.8) is 0 Å². The Morgan fingerprint density at radius 2 is 2.18 bits per heavy atom. The zero-order chi connectivity index (χ0) is 16.5. The van der Waals surface area contributed by atoms with Gasteiger partial charge >= 0.3 is 0 Å². The standard InChI is InChI=1S/C13H22N4O4S/c1-4-13(5-2)9(6-10(13)21-3)16-11(18)8-7-15-17-12(8)22(14,19)20/h7,9-10H,4-6H2,1-3H3,(H,15,17)(H,16,18)(H2,14,19,20). The molecule has 0 spiro atoms. The highest BCUT2D eigenvalue weighted by Crippen LogP contribution is 2.48. The van der Waals surface area contributed by atoms with Crippen molar-refractivity contribution in [1.82, 2.24) is 15.5 Å². The van der Waals surface area contributed by atoms with Crippen LogP contribution in [0.3, 0.4) is 0 Å². The third kappa shape index (κ3) is 2.64. The Bertz CT molecular complexity index is 651. The molecule has 2 atom stereocenters. The van der Waals surface area contributed by atoms with Crippen LogP contribution >= 0.6 is 0 Å². The van der Waals surface area contributed by atoms with Crippen molar-refractivity contribution >= 4 is 15.9 Å². The van der Waals surface area contributed by atoms with Gasteiger partial charge in [-0.05, 0) is 19.3 Å². The number of nitrogens with one attached hydrogen (secondary N) is 2. The molecule has 1 aromatic heterocycles. The van der Waals surface area contributed by atoms with Crippen molar-refractivity contribution in [2.45, 2.75) is 50.3 Å². The molecule has 1 saturated carbocycles. The SMILES string of the molecule is CCC1(CC)C(NC(=O)c2cn[nH]c2S(N)(=O)=O)CC1OC. The van der Waals surface area contributed by atoms with Gasteiger partial charge in [0.25, 0.3) is 15.9 Å². The molecule has 0 aromatic carbocycles. The highest BCUT2D eigenvalue weighted by molar-refractivity contribution is 7.89. The van der Waals surface area contributed by atoms with Crippen LogP contribution in [0.25, 0.3) is 0 Å². The maximum absolute atomic E-state index is 12.4. The Morgan fingerprint density at radius 3 is 2.68 bits per heavy atom. The zero-order valence-corrected chi connectivity index (χ0v) is 13.7. The maximum Gasteiger partial charge on any atom is 0.256 e. The third-order valence-electron chi connectivity index (χ3n) is 4.82. The topological polar surface area (TPSA) is 127 Å². The Kier molecular flexibility index (Phi) is 4.59. The minimum atomic E-state index is -4.02. The molecule has 1 aromatic rings. The Hall–Kier alpha value is -1.45. The van der Waals surface area contributed by atoms with Gasteiger partial charge in [0, 0.05) is 18.6 Å². The molecule has 1 fully saturated rings. The number of nitrogens with zero attached hydrogens (tertiary/aromatic N) is 1. The molecule has 124 valence electrons. The van der Waals surface area contributed by atoms with E-state index >= 15 is 0 Å². The first-order valence-corrected chi connectivity index (χ1v) is 8.74. The van der Waals surface area contributed by atoms with E-state index in [0.29, 0.717) is 6.42 Å². The van der Waals surface area contributed by atoms with E-state index in [1.165, 1.54) is 6.20 Å². The molecule has 1 heterocycles. The van der Waals surface area contributed by atoms with E-state index in [9.17, 15) is 13.2 Å². The molecule has 8 nitrogen and oxygen atoms in total. The van der Waals surface area contributed by atoms with Crippen LogP contribution in [0, 0.1) is 5.41 Å². The average Bonchev–Trinajstić information content (AvgIpc) is 2.94. The number of hydrogen-bond acceptors (Lipinski definition) is 5. The molecule has 2 rings (SSSR count). The van der Waals surface area contributed by atoms with Crippen LogP contribution in [0.1, 0.15) is 43.5 Å². The number of carbonyl (C=O) groups excluding carboxylic acids is 1. The van der Waals surface area contributed by atoms with Crippen molar-refractivity contribution in [3.8, 4) is 0 Å². The van der Waals surface area contributed by atoms with E-state index in [4.69, 9.17) is 9.88 Å². The number of methoxy groups -OCH3 is 1. The second-order valence-electron chi connectivity index (χ2n) is 5.58. The predicted molar refractivity (Wildman–Crippen MR) is 79.6 cm³/mol. The third-order valence-corrected chi connectivity index (χ3v) is 5.71. The monoisotopic (exact) mass is 330 g/mol. The molecule has 1 aliphatic carbocycles. The molecule has 4 N–H and O–H groups in total. The van der Waals surface area contributed by atoms with Gasteiger partial charge in [-0.15, -0.1) is 0 Å². The maximum atomic E-state index is 12.4. The number of nitrogens with two attached hydrogens (primary N) is 1. The number of carbonyl (C=O) groups is 1. The summed E-state index contributed by atoms with van der Waals surface area (Å²) in [5, 5.41) is 13.4. The van der Waals surface area contributed by atoms with E-state index in [0.717, 1.165) is 12.8 Å². The smallest absolute Gasteiger partial charge is 0.256 e. The lowest BCUT2D eigenvalue weighted by Gasteiger charge is -2.55. The van der Waals surface area contributed by atoms with Gasteiger partial charge in [-0.3, -0.25) is 9.89 Å². The number of H-pyrrole nitrogens is 1. The Labute approximate surface area is 129 Å². The first kappa shape index (κ1) is 16.9. The van der Waals surface area contributed by atoms with E-state index in [2.05, 4.69) is 29.4 Å². The summed E-state index contributed by atoms with van der Waals surface area (Å²) in [7, 11) is -2.35. The number of rotatable bonds is 6. The van der Waals surface area contributed by atoms with E-state index in [-0.39, 0.29) is 28.2 Å². The molecular formula is C13H22N4O4S. The molecule has 2 unspecified atom stereocenters. The number of aromatic nitrogens is 2. The second kappa shape index (κ2) is 5.98. The summed E-state index contributed by atoms with van der Waals surface area (Å²) in [6.45, 7) is 4.11. The molecule has 0 bridgehead atoms. The molecule has 0 saturated heterocycles. The number of sulfonamides is 1. The summed E-state index contributed by atoms with van der Waals surface area (Å²) in [6.07, 6.45) is 3.68. The minimum Gasteiger partial charge on any atom is -0.381 e.